The Hall–Kier alpha value is -2.36. The molecule has 0 amide bonds. The van der Waals surface area contributed by atoms with Crippen LogP contribution in [0.4, 0.5) is 5.69 Å². The first-order valence-corrected chi connectivity index (χ1v) is 11.3. The van der Waals surface area contributed by atoms with Gasteiger partial charge in [-0.25, -0.2) is 0 Å². The summed E-state index contributed by atoms with van der Waals surface area (Å²) in [7, 11) is 0. The van der Waals surface area contributed by atoms with E-state index in [4.69, 9.17) is 0 Å². The van der Waals surface area contributed by atoms with E-state index in [2.05, 4.69) is 34.9 Å². The van der Waals surface area contributed by atoms with E-state index in [1.807, 2.05) is 35.2 Å². The zero-order valence-electron chi connectivity index (χ0n) is 17.7. The summed E-state index contributed by atoms with van der Waals surface area (Å²) in [5.74, 6) is 6.82. The molecule has 5 nitrogen and oxygen atoms in total. The third kappa shape index (κ3) is 4.22. The highest BCUT2D eigenvalue weighted by Gasteiger charge is 2.44. The maximum atomic E-state index is 11.2. The molecular formula is C26H30N2O3. The van der Waals surface area contributed by atoms with Crippen molar-refractivity contribution >= 4 is 5.69 Å². The van der Waals surface area contributed by atoms with Gasteiger partial charge in [-0.2, -0.15) is 0 Å². The molecule has 0 radical (unpaired) electrons. The van der Waals surface area contributed by atoms with Gasteiger partial charge in [0.1, 0.15) is 5.60 Å². The topological polar surface area (TPSA) is 67.2 Å². The second-order valence-electron chi connectivity index (χ2n) is 9.27. The monoisotopic (exact) mass is 418 g/mol. The molecule has 4 aliphatic rings. The number of aliphatic hydroxyl groups is 3. The van der Waals surface area contributed by atoms with Gasteiger partial charge in [0.25, 0.3) is 0 Å². The van der Waals surface area contributed by atoms with Crippen LogP contribution in [-0.4, -0.2) is 70.8 Å². The Morgan fingerprint density at radius 2 is 1.68 bits per heavy atom. The first-order chi connectivity index (χ1) is 15.0. The fourth-order valence-corrected chi connectivity index (χ4v) is 5.20. The van der Waals surface area contributed by atoms with E-state index in [0.29, 0.717) is 19.6 Å². The van der Waals surface area contributed by atoms with Gasteiger partial charge in [-0.3, -0.25) is 4.90 Å². The molecule has 4 fully saturated rings. The summed E-state index contributed by atoms with van der Waals surface area (Å²) in [6, 6.07) is 16.4. The number of nitrogens with zero attached hydrogens (tertiary/aromatic N) is 2. The second-order valence-corrected chi connectivity index (χ2v) is 9.27. The fourth-order valence-electron chi connectivity index (χ4n) is 5.20. The van der Waals surface area contributed by atoms with E-state index in [0.717, 1.165) is 49.2 Å². The van der Waals surface area contributed by atoms with Gasteiger partial charge in [0.05, 0.1) is 12.2 Å². The Bertz CT molecular complexity index is 981. The number of rotatable bonds is 3. The maximum absolute atomic E-state index is 11.2. The van der Waals surface area contributed by atoms with Gasteiger partial charge in [0.2, 0.25) is 0 Å². The Labute approximate surface area is 183 Å². The molecule has 3 N–H and O–H groups in total. The van der Waals surface area contributed by atoms with Crippen molar-refractivity contribution in [3.63, 3.8) is 0 Å². The van der Waals surface area contributed by atoms with E-state index >= 15 is 0 Å². The van der Waals surface area contributed by atoms with Crippen LogP contribution in [0, 0.1) is 17.8 Å². The standard InChI is InChI=1S/C26H30N2O3/c29-24-16-28(17-25(24)30)23-7-6-20(21(15-23)14-19-4-2-1-3-5-19)8-11-26(31)18-27-12-9-22(26)10-13-27/h1-7,15,22,24-25,29-31H,9-10,12-14,16-18H2/t24-,25+,26-/m1/s1. The van der Waals surface area contributed by atoms with Crippen LogP contribution in [0.1, 0.15) is 29.5 Å². The molecule has 4 saturated heterocycles. The van der Waals surface area contributed by atoms with Crippen molar-refractivity contribution in [3.05, 3.63) is 65.2 Å². The van der Waals surface area contributed by atoms with E-state index in [-0.39, 0.29) is 5.92 Å². The van der Waals surface area contributed by atoms with Crippen LogP contribution in [0.15, 0.2) is 48.5 Å². The number of anilines is 1. The maximum Gasteiger partial charge on any atom is 0.141 e. The Balaban J connectivity index is 1.46. The molecule has 0 spiro atoms. The predicted molar refractivity (Wildman–Crippen MR) is 121 cm³/mol. The average molecular weight is 419 g/mol. The van der Waals surface area contributed by atoms with Crippen LogP contribution in [-0.2, 0) is 6.42 Å². The molecule has 2 aromatic carbocycles. The number of hydrogen-bond acceptors (Lipinski definition) is 5. The molecule has 3 atom stereocenters. The minimum atomic E-state index is -0.928. The van der Waals surface area contributed by atoms with Crippen LogP contribution in [0.25, 0.3) is 0 Å². The summed E-state index contributed by atoms with van der Waals surface area (Å²) in [5, 5.41) is 31.1. The summed E-state index contributed by atoms with van der Waals surface area (Å²) < 4.78 is 0. The smallest absolute Gasteiger partial charge is 0.141 e. The fraction of sp³-hybridized carbons (Fsp3) is 0.462. The SMILES string of the molecule is O[C@@H]1CN(c2ccc(C#C[C@@]3(O)CN4CCC3CC4)c(Cc3ccccc3)c2)C[C@@H]1O. The Morgan fingerprint density at radius 3 is 2.32 bits per heavy atom. The predicted octanol–water partition coefficient (Wildman–Crippen LogP) is 1.63. The van der Waals surface area contributed by atoms with Crippen molar-refractivity contribution in [2.45, 2.75) is 37.1 Å². The Kier molecular flexibility index (Phi) is 5.49. The van der Waals surface area contributed by atoms with E-state index in [1.165, 1.54) is 5.56 Å². The molecule has 0 unspecified atom stereocenters. The molecule has 6 rings (SSSR count). The molecule has 0 saturated carbocycles. The van der Waals surface area contributed by atoms with Gasteiger partial charge >= 0.3 is 0 Å². The minimum Gasteiger partial charge on any atom is -0.389 e. The van der Waals surface area contributed by atoms with Crippen molar-refractivity contribution in [2.24, 2.45) is 5.92 Å². The minimum absolute atomic E-state index is 0.259. The molecule has 0 aromatic heterocycles. The average Bonchev–Trinajstić information content (AvgIpc) is 3.12. The van der Waals surface area contributed by atoms with Crippen molar-refractivity contribution in [1.82, 2.24) is 4.90 Å². The number of benzene rings is 2. The quantitative estimate of drug-likeness (QED) is 0.661. The van der Waals surface area contributed by atoms with Gasteiger partial charge in [-0.05, 0) is 61.7 Å². The van der Waals surface area contributed by atoms with Gasteiger partial charge in [-0.15, -0.1) is 0 Å². The highest BCUT2D eigenvalue weighted by atomic mass is 16.3. The number of β-amino-alcohol motifs (C(OH)–C–C–N with tert-alkyl or cyclic N) is 2. The lowest BCUT2D eigenvalue weighted by molar-refractivity contribution is -0.0713. The summed E-state index contributed by atoms with van der Waals surface area (Å²) in [4.78, 5) is 4.33. The highest BCUT2D eigenvalue weighted by Crippen LogP contribution is 2.35. The van der Waals surface area contributed by atoms with Crippen LogP contribution < -0.4 is 4.90 Å². The van der Waals surface area contributed by atoms with Crippen LogP contribution >= 0.6 is 0 Å². The molecular weight excluding hydrogens is 388 g/mol. The zero-order chi connectivity index (χ0) is 21.4. The third-order valence-corrected chi connectivity index (χ3v) is 7.09. The van der Waals surface area contributed by atoms with Crippen molar-refractivity contribution in [3.8, 4) is 11.8 Å². The molecule has 31 heavy (non-hydrogen) atoms. The summed E-state index contributed by atoms with van der Waals surface area (Å²) in [5.41, 5.74) is 3.27. The van der Waals surface area contributed by atoms with Crippen LogP contribution in [0.5, 0.6) is 0 Å². The Morgan fingerprint density at radius 1 is 0.968 bits per heavy atom. The van der Waals surface area contributed by atoms with E-state index < -0.39 is 17.8 Å². The normalized spacial score (nSPS) is 32.0. The summed E-state index contributed by atoms with van der Waals surface area (Å²) >= 11 is 0. The van der Waals surface area contributed by atoms with Gasteiger partial charge in [-0.1, -0.05) is 42.2 Å². The van der Waals surface area contributed by atoms with Gasteiger partial charge in [0.15, 0.2) is 0 Å². The van der Waals surface area contributed by atoms with Gasteiger partial charge in [0, 0.05) is 36.8 Å². The van der Waals surface area contributed by atoms with Crippen molar-refractivity contribution < 1.29 is 15.3 Å². The second kappa shape index (κ2) is 8.29. The first kappa shape index (κ1) is 20.5. The molecule has 4 aliphatic heterocycles. The molecule has 4 heterocycles. The lowest BCUT2D eigenvalue weighted by Gasteiger charge is -2.47. The largest absolute Gasteiger partial charge is 0.389 e. The van der Waals surface area contributed by atoms with Crippen molar-refractivity contribution in [1.29, 1.82) is 0 Å². The zero-order valence-corrected chi connectivity index (χ0v) is 17.7. The van der Waals surface area contributed by atoms with E-state index in [9.17, 15) is 15.3 Å². The lowest BCUT2D eigenvalue weighted by Crippen LogP contribution is -2.58. The lowest BCUT2D eigenvalue weighted by atomic mass is 9.75. The summed E-state index contributed by atoms with van der Waals surface area (Å²) in [6.45, 7) is 3.62. The first-order valence-electron chi connectivity index (χ1n) is 11.3. The molecule has 2 aromatic rings. The van der Waals surface area contributed by atoms with E-state index in [1.54, 1.807) is 0 Å². The molecule has 5 heteroatoms. The number of piperidine rings is 3. The van der Waals surface area contributed by atoms with Crippen molar-refractivity contribution in [2.75, 3.05) is 37.6 Å². The number of aliphatic hydroxyl groups excluding tert-OH is 2. The molecule has 162 valence electrons. The van der Waals surface area contributed by atoms with Crippen LogP contribution in [0.3, 0.4) is 0 Å². The molecule has 2 bridgehead atoms. The highest BCUT2D eigenvalue weighted by molar-refractivity contribution is 5.57. The van der Waals surface area contributed by atoms with Gasteiger partial charge < -0.3 is 20.2 Å². The number of fused-ring (bicyclic) bond motifs is 3. The summed E-state index contributed by atoms with van der Waals surface area (Å²) in [6.07, 6.45) is 1.33. The third-order valence-electron chi connectivity index (χ3n) is 7.09. The molecule has 0 aliphatic carbocycles. The number of hydrogen-bond donors (Lipinski definition) is 3. The van der Waals surface area contributed by atoms with Crippen LogP contribution in [0.2, 0.25) is 0 Å².